The average molecular weight is 417 g/mol. The van der Waals surface area contributed by atoms with E-state index in [2.05, 4.69) is 44.5 Å². The molecule has 31 heavy (non-hydrogen) atoms. The summed E-state index contributed by atoms with van der Waals surface area (Å²) in [6.07, 6.45) is 15.6. The third-order valence-electron chi connectivity index (χ3n) is 6.85. The second-order valence-corrected chi connectivity index (χ2v) is 9.19. The van der Waals surface area contributed by atoms with Crippen LogP contribution in [0.5, 0.6) is 0 Å². The molecule has 5 nitrogen and oxygen atoms in total. The number of amides is 1. The standard InChI is InChI=1S/C26H32N4O/c31-26(29-22-7-3-1-4-8-22)24-17-28-25-10-9-20(14-23(24)25)21-13-19(15-27-16-21)18-30-11-5-2-6-12-30/h9-10,13-17,22,28H,1-8,11-12,18H2,(H,29,31). The summed E-state index contributed by atoms with van der Waals surface area (Å²) in [7, 11) is 0. The number of carbonyl (C=O) groups is 1. The predicted molar refractivity (Wildman–Crippen MR) is 125 cm³/mol. The van der Waals surface area contributed by atoms with Crippen LogP contribution in [0.15, 0.2) is 42.9 Å². The van der Waals surface area contributed by atoms with E-state index < -0.39 is 0 Å². The van der Waals surface area contributed by atoms with Gasteiger partial charge >= 0.3 is 0 Å². The van der Waals surface area contributed by atoms with Gasteiger partial charge in [-0.05, 0) is 68.1 Å². The SMILES string of the molecule is O=C(NC1CCCCC1)c1c[nH]c2ccc(-c3cncc(CN4CCCCC4)c3)cc12. The fourth-order valence-electron chi connectivity index (χ4n) is 5.11. The molecule has 2 fully saturated rings. The van der Waals surface area contributed by atoms with E-state index in [9.17, 15) is 4.79 Å². The molecule has 5 rings (SSSR count). The van der Waals surface area contributed by atoms with Crippen molar-refractivity contribution in [2.45, 2.75) is 64.0 Å². The summed E-state index contributed by atoms with van der Waals surface area (Å²) in [4.78, 5) is 23.3. The first-order valence-electron chi connectivity index (χ1n) is 11.8. The van der Waals surface area contributed by atoms with E-state index in [0.717, 1.165) is 47.0 Å². The number of carbonyl (C=O) groups excluding carboxylic acids is 1. The van der Waals surface area contributed by atoms with Crippen LogP contribution < -0.4 is 5.32 Å². The van der Waals surface area contributed by atoms with E-state index >= 15 is 0 Å². The molecule has 2 aromatic heterocycles. The van der Waals surface area contributed by atoms with Crippen molar-refractivity contribution in [3.8, 4) is 11.1 Å². The number of fused-ring (bicyclic) bond motifs is 1. The zero-order valence-corrected chi connectivity index (χ0v) is 18.2. The van der Waals surface area contributed by atoms with Crippen molar-refractivity contribution in [3.63, 3.8) is 0 Å². The summed E-state index contributed by atoms with van der Waals surface area (Å²) >= 11 is 0. The molecule has 0 bridgehead atoms. The van der Waals surface area contributed by atoms with Crippen molar-refractivity contribution in [1.29, 1.82) is 0 Å². The Kier molecular flexibility index (Phi) is 6.03. The molecule has 0 spiro atoms. The van der Waals surface area contributed by atoms with Crippen molar-refractivity contribution >= 4 is 16.8 Å². The topological polar surface area (TPSA) is 61.0 Å². The molecule has 0 atom stereocenters. The van der Waals surface area contributed by atoms with Crippen LogP contribution in [0.2, 0.25) is 0 Å². The van der Waals surface area contributed by atoms with Gasteiger partial charge in [0.05, 0.1) is 5.56 Å². The summed E-state index contributed by atoms with van der Waals surface area (Å²) in [6, 6.07) is 8.87. The number of nitrogens with zero attached hydrogens (tertiary/aromatic N) is 2. The number of likely N-dealkylation sites (tertiary alicyclic amines) is 1. The van der Waals surface area contributed by atoms with Gasteiger partial charge in [0, 0.05) is 47.6 Å². The van der Waals surface area contributed by atoms with E-state index in [1.54, 1.807) is 0 Å². The van der Waals surface area contributed by atoms with Gasteiger partial charge < -0.3 is 10.3 Å². The Morgan fingerprint density at radius 1 is 1.00 bits per heavy atom. The lowest BCUT2D eigenvalue weighted by molar-refractivity contribution is 0.0929. The number of aromatic amines is 1. The monoisotopic (exact) mass is 416 g/mol. The predicted octanol–water partition coefficient (Wildman–Crippen LogP) is 5.28. The lowest BCUT2D eigenvalue weighted by Crippen LogP contribution is -2.36. The second kappa shape index (κ2) is 9.23. The lowest BCUT2D eigenvalue weighted by atomic mass is 9.95. The number of H-pyrrole nitrogens is 1. The van der Waals surface area contributed by atoms with Crippen LogP contribution >= 0.6 is 0 Å². The van der Waals surface area contributed by atoms with E-state index in [0.29, 0.717) is 6.04 Å². The van der Waals surface area contributed by atoms with E-state index in [1.165, 1.54) is 57.2 Å². The van der Waals surface area contributed by atoms with Gasteiger partial charge in [-0.25, -0.2) is 0 Å². The van der Waals surface area contributed by atoms with Crippen LogP contribution in [0.25, 0.3) is 22.0 Å². The van der Waals surface area contributed by atoms with Crippen molar-refractivity contribution in [1.82, 2.24) is 20.2 Å². The van der Waals surface area contributed by atoms with Crippen molar-refractivity contribution < 1.29 is 4.79 Å². The minimum atomic E-state index is 0.0345. The van der Waals surface area contributed by atoms with Gasteiger partial charge in [0.15, 0.2) is 0 Å². The first-order valence-corrected chi connectivity index (χ1v) is 11.8. The number of hydrogen-bond acceptors (Lipinski definition) is 3. The molecule has 1 aliphatic heterocycles. The number of piperidine rings is 1. The Morgan fingerprint density at radius 2 is 1.81 bits per heavy atom. The molecule has 1 saturated heterocycles. The first kappa shape index (κ1) is 20.3. The van der Waals surface area contributed by atoms with Crippen LogP contribution in [0.4, 0.5) is 0 Å². The van der Waals surface area contributed by atoms with Crippen LogP contribution in [-0.2, 0) is 6.54 Å². The molecular formula is C26H32N4O. The number of aromatic nitrogens is 2. The molecule has 162 valence electrons. The minimum absolute atomic E-state index is 0.0345. The lowest BCUT2D eigenvalue weighted by Gasteiger charge is -2.26. The highest BCUT2D eigenvalue weighted by Gasteiger charge is 2.19. The Bertz CT molecular complexity index is 1040. The Morgan fingerprint density at radius 3 is 2.65 bits per heavy atom. The van der Waals surface area contributed by atoms with Gasteiger partial charge in [-0.15, -0.1) is 0 Å². The summed E-state index contributed by atoms with van der Waals surface area (Å²) in [5, 5.41) is 4.23. The number of benzene rings is 1. The maximum absolute atomic E-state index is 13.0. The fourth-order valence-corrected chi connectivity index (χ4v) is 5.11. The van der Waals surface area contributed by atoms with E-state index in [-0.39, 0.29) is 5.91 Å². The molecule has 0 radical (unpaired) electrons. The summed E-state index contributed by atoms with van der Waals surface area (Å²) < 4.78 is 0. The van der Waals surface area contributed by atoms with Crippen molar-refractivity contribution in [2.75, 3.05) is 13.1 Å². The maximum Gasteiger partial charge on any atom is 0.253 e. The zero-order chi connectivity index (χ0) is 21.0. The van der Waals surface area contributed by atoms with Crippen LogP contribution in [0.3, 0.4) is 0 Å². The summed E-state index contributed by atoms with van der Waals surface area (Å²) in [5.74, 6) is 0.0345. The van der Waals surface area contributed by atoms with Crippen LogP contribution in [-0.4, -0.2) is 39.9 Å². The molecular weight excluding hydrogens is 384 g/mol. The van der Waals surface area contributed by atoms with Crippen LogP contribution in [0, 0.1) is 0 Å². The zero-order valence-electron chi connectivity index (χ0n) is 18.2. The van der Waals surface area contributed by atoms with Gasteiger partial charge in [0.2, 0.25) is 0 Å². The Hall–Kier alpha value is -2.66. The molecule has 3 heterocycles. The normalized spacial score (nSPS) is 18.3. The third-order valence-corrected chi connectivity index (χ3v) is 6.85. The molecule has 2 aliphatic rings. The van der Waals surface area contributed by atoms with E-state index in [4.69, 9.17) is 0 Å². The fraction of sp³-hybridized carbons (Fsp3) is 0.462. The third kappa shape index (κ3) is 4.67. The molecule has 0 unspecified atom stereocenters. The van der Waals surface area contributed by atoms with Crippen molar-refractivity contribution in [2.24, 2.45) is 0 Å². The number of hydrogen-bond donors (Lipinski definition) is 2. The van der Waals surface area contributed by atoms with E-state index in [1.807, 2.05) is 18.6 Å². The summed E-state index contributed by atoms with van der Waals surface area (Å²) in [6.45, 7) is 3.32. The molecule has 1 aliphatic carbocycles. The molecule has 5 heteroatoms. The van der Waals surface area contributed by atoms with Gasteiger partial charge in [0.1, 0.15) is 0 Å². The second-order valence-electron chi connectivity index (χ2n) is 9.19. The van der Waals surface area contributed by atoms with Crippen LogP contribution in [0.1, 0.15) is 67.3 Å². The molecule has 2 N–H and O–H groups in total. The smallest absolute Gasteiger partial charge is 0.253 e. The summed E-state index contributed by atoms with van der Waals surface area (Å²) in [5.41, 5.74) is 5.20. The minimum Gasteiger partial charge on any atom is -0.360 e. The largest absolute Gasteiger partial charge is 0.360 e. The highest BCUT2D eigenvalue weighted by molar-refractivity contribution is 6.07. The van der Waals surface area contributed by atoms with Gasteiger partial charge in [-0.2, -0.15) is 0 Å². The Balaban J connectivity index is 1.37. The molecule has 1 aromatic carbocycles. The first-order chi connectivity index (χ1) is 15.3. The average Bonchev–Trinajstić information content (AvgIpc) is 3.24. The molecule has 1 saturated carbocycles. The highest BCUT2D eigenvalue weighted by atomic mass is 16.1. The number of pyridine rings is 1. The Labute approximate surface area is 184 Å². The number of rotatable bonds is 5. The van der Waals surface area contributed by atoms with Gasteiger partial charge in [-0.3, -0.25) is 14.7 Å². The molecule has 3 aromatic rings. The van der Waals surface area contributed by atoms with Crippen molar-refractivity contribution in [3.05, 3.63) is 54.0 Å². The van der Waals surface area contributed by atoms with Gasteiger partial charge in [-0.1, -0.05) is 31.7 Å². The highest BCUT2D eigenvalue weighted by Crippen LogP contribution is 2.27. The quantitative estimate of drug-likeness (QED) is 0.595. The molecule has 1 amide bonds. The number of nitrogens with one attached hydrogen (secondary N) is 2. The maximum atomic E-state index is 13.0. The van der Waals surface area contributed by atoms with Gasteiger partial charge in [0.25, 0.3) is 5.91 Å².